The number of benzene rings is 2. The molecule has 1 amide bonds. The number of ether oxygens (including phenoxy) is 2. The molecular weight excluding hydrogens is 537 g/mol. The molecule has 0 saturated heterocycles. The lowest BCUT2D eigenvalue weighted by Crippen LogP contribution is -2.32. The molecule has 12 heteroatoms. The molecule has 0 bridgehead atoms. The first-order valence-corrected chi connectivity index (χ1v) is 13.7. The highest BCUT2D eigenvalue weighted by Gasteiger charge is 2.26. The van der Waals surface area contributed by atoms with E-state index in [2.05, 4.69) is 15.0 Å². The van der Waals surface area contributed by atoms with E-state index in [0.29, 0.717) is 17.1 Å². The lowest BCUT2D eigenvalue weighted by molar-refractivity contribution is 0.0978. The summed E-state index contributed by atoms with van der Waals surface area (Å²) in [5, 5.41) is -0.599. The van der Waals surface area contributed by atoms with E-state index < -0.39 is 26.8 Å². The van der Waals surface area contributed by atoms with Gasteiger partial charge in [-0.1, -0.05) is 17.7 Å². The van der Waals surface area contributed by atoms with Crippen molar-refractivity contribution in [2.24, 2.45) is 0 Å². The summed E-state index contributed by atoms with van der Waals surface area (Å²) in [4.78, 5) is 25.2. The SMILES string of the molecule is Cc1cc(C)c(Oc2nc(-c3cc(F)cc(OC(C)C)c3)ccc2C(=O)NS(=O)(=O)c2nccnc2N)c(C)c1.[HH].[HH]. The minimum Gasteiger partial charge on any atom is -0.491 e. The zero-order valence-corrected chi connectivity index (χ0v) is 23.3. The quantitative estimate of drug-likeness (QED) is 0.286. The van der Waals surface area contributed by atoms with Crippen LogP contribution >= 0.6 is 0 Å². The van der Waals surface area contributed by atoms with E-state index in [-0.39, 0.29) is 31.9 Å². The zero-order chi connectivity index (χ0) is 29.2. The van der Waals surface area contributed by atoms with Crippen LogP contribution in [0.25, 0.3) is 11.3 Å². The predicted molar refractivity (Wildman–Crippen MR) is 151 cm³/mol. The van der Waals surface area contributed by atoms with Crippen LogP contribution < -0.4 is 19.9 Å². The van der Waals surface area contributed by atoms with Gasteiger partial charge in [-0.3, -0.25) is 4.79 Å². The molecule has 3 N–H and O–H groups in total. The first-order valence-electron chi connectivity index (χ1n) is 12.2. The predicted octanol–water partition coefficient (Wildman–Crippen LogP) is 5.38. The van der Waals surface area contributed by atoms with Crippen molar-refractivity contribution in [2.75, 3.05) is 5.73 Å². The fourth-order valence-corrected chi connectivity index (χ4v) is 5.07. The van der Waals surface area contributed by atoms with Gasteiger partial charge in [-0.2, -0.15) is 8.42 Å². The molecule has 4 rings (SSSR count). The van der Waals surface area contributed by atoms with Gasteiger partial charge in [0.1, 0.15) is 22.9 Å². The average molecular weight is 570 g/mol. The summed E-state index contributed by atoms with van der Waals surface area (Å²) in [5.74, 6) is -1.41. The lowest BCUT2D eigenvalue weighted by Gasteiger charge is -2.16. The minimum atomic E-state index is -4.48. The highest BCUT2D eigenvalue weighted by Crippen LogP contribution is 2.33. The number of hydrogen-bond acceptors (Lipinski definition) is 9. The molecule has 0 atom stereocenters. The Labute approximate surface area is 234 Å². The highest BCUT2D eigenvalue weighted by atomic mass is 32.2. The molecule has 2 aromatic carbocycles. The third kappa shape index (κ3) is 6.34. The summed E-state index contributed by atoms with van der Waals surface area (Å²) in [6.45, 7) is 9.24. The average Bonchev–Trinajstić information content (AvgIpc) is 2.85. The molecule has 0 unspecified atom stereocenters. The van der Waals surface area contributed by atoms with Gasteiger partial charge in [0.2, 0.25) is 10.9 Å². The Morgan fingerprint density at radius 3 is 2.35 bits per heavy atom. The molecule has 40 heavy (non-hydrogen) atoms. The van der Waals surface area contributed by atoms with Crippen LogP contribution in [0.2, 0.25) is 0 Å². The number of carbonyl (C=O) groups is 1. The van der Waals surface area contributed by atoms with Gasteiger partial charge in [0.25, 0.3) is 15.9 Å². The van der Waals surface area contributed by atoms with Crippen molar-refractivity contribution in [3.8, 4) is 28.6 Å². The van der Waals surface area contributed by atoms with E-state index in [1.54, 1.807) is 6.07 Å². The van der Waals surface area contributed by atoms with Gasteiger partial charge in [-0.15, -0.1) is 0 Å². The summed E-state index contributed by atoms with van der Waals surface area (Å²) in [5.41, 5.74) is 8.65. The van der Waals surface area contributed by atoms with E-state index in [1.807, 2.05) is 51.5 Å². The first-order chi connectivity index (χ1) is 18.8. The van der Waals surface area contributed by atoms with Gasteiger partial charge < -0.3 is 15.2 Å². The lowest BCUT2D eigenvalue weighted by atomic mass is 10.1. The molecule has 0 saturated carbocycles. The highest BCUT2D eigenvalue weighted by molar-refractivity contribution is 7.90. The summed E-state index contributed by atoms with van der Waals surface area (Å²) in [6, 6.07) is 10.7. The van der Waals surface area contributed by atoms with Crippen molar-refractivity contribution in [1.82, 2.24) is 19.7 Å². The molecule has 2 aromatic heterocycles. The fourth-order valence-electron chi connectivity index (χ4n) is 4.10. The number of aryl methyl sites for hydroxylation is 3. The number of amides is 1. The zero-order valence-electron chi connectivity index (χ0n) is 22.5. The number of rotatable bonds is 8. The number of sulfonamides is 1. The van der Waals surface area contributed by atoms with Crippen molar-refractivity contribution < 1.29 is 29.9 Å². The Balaban J connectivity index is 0.00000308. The standard InChI is InChI=1S/C28H28FN5O5S.2H2/c1-15(2)38-21-13-19(12-20(29)14-21)23-7-6-22(26(35)34-40(36,37)28-25(30)31-8-9-32-28)27(33-23)39-24-17(4)10-16(3)11-18(24)5;;/h6-15H,1-5H3,(H2,30,31)(H,34,35);2*1H. The Morgan fingerprint density at radius 2 is 1.70 bits per heavy atom. The monoisotopic (exact) mass is 569 g/mol. The Bertz CT molecular complexity index is 1700. The van der Waals surface area contributed by atoms with Gasteiger partial charge in [0.15, 0.2) is 5.82 Å². The van der Waals surface area contributed by atoms with Crippen LogP contribution in [0.3, 0.4) is 0 Å². The summed E-state index contributed by atoms with van der Waals surface area (Å²) < 4.78 is 53.9. The van der Waals surface area contributed by atoms with Crippen molar-refractivity contribution in [2.45, 2.75) is 45.7 Å². The van der Waals surface area contributed by atoms with Crippen molar-refractivity contribution in [3.63, 3.8) is 0 Å². The van der Waals surface area contributed by atoms with E-state index in [0.717, 1.165) is 22.9 Å². The maximum absolute atomic E-state index is 14.5. The number of nitrogens with one attached hydrogen (secondary N) is 1. The van der Waals surface area contributed by atoms with Crippen LogP contribution in [-0.4, -0.2) is 35.4 Å². The molecule has 0 spiro atoms. The maximum Gasteiger partial charge on any atom is 0.285 e. The van der Waals surface area contributed by atoms with Crippen LogP contribution in [0.5, 0.6) is 17.4 Å². The number of halogens is 1. The second kappa shape index (κ2) is 11.3. The second-order valence-corrected chi connectivity index (χ2v) is 11.0. The van der Waals surface area contributed by atoms with Gasteiger partial charge in [0, 0.05) is 26.9 Å². The molecule has 0 aliphatic heterocycles. The number of hydrogen-bond donors (Lipinski definition) is 2. The minimum absolute atomic E-state index is 0. The number of nitrogen functional groups attached to an aromatic ring is 1. The molecule has 0 radical (unpaired) electrons. The third-order valence-corrected chi connectivity index (χ3v) is 6.90. The summed E-state index contributed by atoms with van der Waals surface area (Å²) in [7, 11) is -4.48. The van der Waals surface area contributed by atoms with Gasteiger partial charge >= 0.3 is 0 Å². The second-order valence-electron chi connectivity index (χ2n) is 9.40. The Morgan fingerprint density at radius 1 is 1.02 bits per heavy atom. The topological polar surface area (TPSA) is 146 Å². The maximum atomic E-state index is 14.5. The largest absolute Gasteiger partial charge is 0.491 e. The number of carbonyl (C=O) groups excluding carboxylic acids is 1. The van der Waals surface area contributed by atoms with Crippen molar-refractivity contribution in [1.29, 1.82) is 0 Å². The van der Waals surface area contributed by atoms with Crippen LogP contribution in [0.15, 0.2) is 59.9 Å². The number of aromatic nitrogens is 3. The molecule has 2 heterocycles. The van der Waals surface area contributed by atoms with Crippen LogP contribution in [0.4, 0.5) is 10.2 Å². The van der Waals surface area contributed by atoms with Crippen molar-refractivity contribution in [3.05, 3.63) is 82.9 Å². The number of pyridine rings is 1. The molecule has 0 fully saturated rings. The summed E-state index contributed by atoms with van der Waals surface area (Å²) >= 11 is 0. The van der Waals surface area contributed by atoms with Crippen LogP contribution in [-0.2, 0) is 10.0 Å². The smallest absolute Gasteiger partial charge is 0.285 e. The van der Waals surface area contributed by atoms with Crippen LogP contribution in [0.1, 0.15) is 43.7 Å². The first kappa shape index (κ1) is 28.4. The Hall–Kier alpha value is -4.58. The van der Waals surface area contributed by atoms with Crippen molar-refractivity contribution >= 4 is 21.7 Å². The molecule has 0 aliphatic carbocycles. The Kier molecular flexibility index (Phi) is 8.01. The number of anilines is 1. The van der Waals surface area contributed by atoms with E-state index in [9.17, 15) is 17.6 Å². The third-order valence-electron chi connectivity index (χ3n) is 5.62. The van der Waals surface area contributed by atoms with E-state index in [4.69, 9.17) is 15.2 Å². The number of nitrogens with two attached hydrogens (primary N) is 1. The normalized spacial score (nSPS) is 11.4. The van der Waals surface area contributed by atoms with Gasteiger partial charge in [-0.05, 0) is 70.0 Å². The van der Waals surface area contributed by atoms with Gasteiger partial charge in [0.05, 0.1) is 11.8 Å². The molecular formula is C28H32FN5O5S. The van der Waals surface area contributed by atoms with E-state index >= 15 is 0 Å². The fraction of sp³-hybridized carbons (Fsp3) is 0.214. The van der Waals surface area contributed by atoms with Crippen LogP contribution in [0, 0.1) is 26.6 Å². The van der Waals surface area contributed by atoms with E-state index in [1.165, 1.54) is 30.5 Å². The summed E-state index contributed by atoms with van der Waals surface area (Å²) in [6.07, 6.45) is 2.17. The number of nitrogens with zero attached hydrogens (tertiary/aromatic N) is 3. The molecule has 10 nitrogen and oxygen atoms in total. The van der Waals surface area contributed by atoms with Gasteiger partial charge in [-0.25, -0.2) is 24.1 Å². The molecule has 0 aliphatic rings. The molecule has 212 valence electrons. The molecule has 4 aromatic rings.